The van der Waals surface area contributed by atoms with Crippen LogP contribution in [0.15, 0.2) is 17.0 Å². The van der Waals surface area contributed by atoms with Gasteiger partial charge in [-0.3, -0.25) is 29.4 Å². The molecule has 1 aromatic carbocycles. The van der Waals surface area contributed by atoms with E-state index in [2.05, 4.69) is 10.6 Å². The molecule has 3 aliphatic heterocycles. The van der Waals surface area contributed by atoms with Crippen molar-refractivity contribution in [3.8, 4) is 0 Å². The number of carbonyl (C=O) groups excluding carboxylic acids is 4. The highest BCUT2D eigenvalue weighted by atomic mass is 32.2. The van der Waals surface area contributed by atoms with Crippen molar-refractivity contribution in [2.24, 2.45) is 5.92 Å². The normalized spacial score (nSPS) is 25.1. The minimum absolute atomic E-state index is 0.0316. The van der Waals surface area contributed by atoms with Crippen LogP contribution in [0.25, 0.3) is 0 Å². The molecule has 0 aromatic heterocycles. The number of imide groups is 2. The number of piperidine rings is 2. The van der Waals surface area contributed by atoms with Crippen molar-refractivity contribution in [3.63, 3.8) is 0 Å². The first-order valence-corrected chi connectivity index (χ1v) is 10.3. The van der Waals surface area contributed by atoms with Crippen molar-refractivity contribution in [2.45, 2.75) is 36.6 Å². The van der Waals surface area contributed by atoms with E-state index in [1.807, 2.05) is 0 Å². The van der Waals surface area contributed by atoms with Gasteiger partial charge in [-0.1, -0.05) is 0 Å². The zero-order valence-electron chi connectivity index (χ0n) is 15.1. The summed E-state index contributed by atoms with van der Waals surface area (Å²) >= 11 is 1.34. The average molecular weight is 405 g/mol. The summed E-state index contributed by atoms with van der Waals surface area (Å²) in [5.41, 5.74) is 0.0799. The molecule has 0 radical (unpaired) electrons. The molecule has 0 spiro atoms. The molecule has 28 heavy (non-hydrogen) atoms. The van der Waals surface area contributed by atoms with E-state index < -0.39 is 35.5 Å². The largest absolute Gasteiger partial charge is 0.316 e. The summed E-state index contributed by atoms with van der Waals surface area (Å²) in [5.74, 6) is -1.80. The number of halogens is 1. The number of fused-ring (bicyclic) bond motifs is 1. The van der Waals surface area contributed by atoms with E-state index in [9.17, 15) is 23.6 Å². The van der Waals surface area contributed by atoms with Crippen molar-refractivity contribution in [3.05, 3.63) is 29.1 Å². The van der Waals surface area contributed by atoms with Gasteiger partial charge >= 0.3 is 0 Å². The fraction of sp³-hybridized carbons (Fsp3) is 0.474. The maximum Gasteiger partial charge on any atom is 0.262 e. The summed E-state index contributed by atoms with van der Waals surface area (Å²) in [6.07, 6.45) is 2.29. The Morgan fingerprint density at radius 1 is 1.11 bits per heavy atom. The third-order valence-electron chi connectivity index (χ3n) is 5.37. The number of hydrogen-bond donors (Lipinski definition) is 2. The number of thioether (sulfide) groups is 1. The topological polar surface area (TPSA) is 95.6 Å². The number of amides is 4. The second-order valence-corrected chi connectivity index (χ2v) is 8.36. The van der Waals surface area contributed by atoms with Crippen molar-refractivity contribution in [1.29, 1.82) is 0 Å². The number of hydrogen-bond acceptors (Lipinski definition) is 6. The van der Waals surface area contributed by atoms with E-state index in [0.29, 0.717) is 10.8 Å². The van der Waals surface area contributed by atoms with Crippen LogP contribution >= 0.6 is 11.8 Å². The number of rotatable bonds is 4. The molecule has 2 N–H and O–H groups in total. The van der Waals surface area contributed by atoms with E-state index in [4.69, 9.17) is 0 Å². The average Bonchev–Trinajstić information content (AvgIpc) is 2.91. The number of nitrogens with zero attached hydrogens (tertiary/aromatic N) is 1. The van der Waals surface area contributed by atoms with E-state index in [1.165, 1.54) is 17.8 Å². The standard InChI is InChI=1S/C19H20FN3O4S/c20-13-6-11-12(7-15(13)28-9-10-2-1-5-21-8-10)19(27)23(18(11)26)14-3-4-16(24)22-17(14)25/h6-7,10,14,21H,1-5,8-9H2,(H,22,24,25). The van der Waals surface area contributed by atoms with Crippen molar-refractivity contribution in [1.82, 2.24) is 15.5 Å². The maximum absolute atomic E-state index is 14.6. The molecule has 0 bridgehead atoms. The van der Waals surface area contributed by atoms with Crippen molar-refractivity contribution in [2.75, 3.05) is 18.8 Å². The molecule has 0 aliphatic carbocycles. The Morgan fingerprint density at radius 3 is 2.54 bits per heavy atom. The molecule has 4 amide bonds. The minimum Gasteiger partial charge on any atom is -0.316 e. The zero-order chi connectivity index (χ0) is 19.8. The summed E-state index contributed by atoms with van der Waals surface area (Å²) in [7, 11) is 0. The predicted molar refractivity (Wildman–Crippen MR) is 99.4 cm³/mol. The van der Waals surface area contributed by atoms with Crippen LogP contribution < -0.4 is 10.6 Å². The molecule has 1 aromatic rings. The molecule has 7 nitrogen and oxygen atoms in total. The van der Waals surface area contributed by atoms with Crippen molar-refractivity contribution >= 4 is 35.4 Å². The molecule has 3 aliphatic rings. The van der Waals surface area contributed by atoms with Crippen LogP contribution in [-0.4, -0.2) is 53.4 Å². The number of benzene rings is 1. The Morgan fingerprint density at radius 2 is 1.86 bits per heavy atom. The first-order valence-electron chi connectivity index (χ1n) is 9.34. The summed E-state index contributed by atoms with van der Waals surface area (Å²) < 4.78 is 14.6. The van der Waals surface area contributed by atoms with Gasteiger partial charge in [0.15, 0.2) is 0 Å². The summed E-state index contributed by atoms with van der Waals surface area (Å²) in [6.45, 7) is 1.89. The van der Waals surface area contributed by atoms with Gasteiger partial charge in [0.2, 0.25) is 11.8 Å². The second-order valence-electron chi connectivity index (χ2n) is 7.30. The van der Waals surface area contributed by atoms with Gasteiger partial charge in [0.1, 0.15) is 11.9 Å². The summed E-state index contributed by atoms with van der Waals surface area (Å²) in [4.78, 5) is 50.1. The fourth-order valence-electron chi connectivity index (χ4n) is 3.86. The van der Waals surface area contributed by atoms with E-state index >= 15 is 0 Å². The Balaban J connectivity index is 1.54. The molecule has 148 valence electrons. The number of carbonyl (C=O) groups is 4. The van der Waals surface area contributed by atoms with Gasteiger partial charge in [-0.15, -0.1) is 11.8 Å². The van der Waals surface area contributed by atoms with Gasteiger partial charge in [-0.2, -0.15) is 0 Å². The van der Waals surface area contributed by atoms with E-state index in [-0.39, 0.29) is 24.0 Å². The third-order valence-corrected chi connectivity index (χ3v) is 6.63. The monoisotopic (exact) mass is 405 g/mol. The van der Waals surface area contributed by atoms with Gasteiger partial charge in [-0.25, -0.2) is 4.39 Å². The van der Waals surface area contributed by atoms with E-state index in [1.54, 1.807) is 0 Å². The second kappa shape index (κ2) is 7.63. The summed E-state index contributed by atoms with van der Waals surface area (Å²) in [5, 5.41) is 5.46. The third kappa shape index (κ3) is 3.44. The van der Waals surface area contributed by atoms with Gasteiger partial charge in [0, 0.05) is 17.1 Å². The lowest BCUT2D eigenvalue weighted by molar-refractivity contribution is -0.136. The van der Waals surface area contributed by atoms with Crippen LogP contribution in [-0.2, 0) is 9.59 Å². The van der Waals surface area contributed by atoms with Crippen LogP contribution in [0.3, 0.4) is 0 Å². The smallest absolute Gasteiger partial charge is 0.262 e. The molecule has 2 unspecified atom stereocenters. The highest BCUT2D eigenvalue weighted by molar-refractivity contribution is 7.99. The molecule has 9 heteroatoms. The lowest BCUT2D eigenvalue weighted by Gasteiger charge is -2.27. The molecule has 0 saturated carbocycles. The summed E-state index contributed by atoms with van der Waals surface area (Å²) in [6, 6.07) is 1.46. The Hall–Kier alpha value is -2.26. The Labute approximate surface area is 165 Å². The number of nitrogens with one attached hydrogen (secondary N) is 2. The van der Waals surface area contributed by atoms with E-state index in [0.717, 1.165) is 42.7 Å². The van der Waals surface area contributed by atoms with Crippen LogP contribution in [0.1, 0.15) is 46.4 Å². The maximum atomic E-state index is 14.6. The first kappa shape index (κ1) is 19.1. The SMILES string of the molecule is O=C1CCC(N2C(=O)c3cc(F)c(SCC4CCCNC4)cc3C2=O)C(=O)N1. The molecule has 3 heterocycles. The molecular weight excluding hydrogens is 385 g/mol. The van der Waals surface area contributed by atoms with Crippen molar-refractivity contribution < 1.29 is 23.6 Å². The van der Waals surface area contributed by atoms with Gasteiger partial charge < -0.3 is 5.32 Å². The van der Waals surface area contributed by atoms with Gasteiger partial charge in [0.25, 0.3) is 11.8 Å². The fourth-order valence-corrected chi connectivity index (χ4v) is 4.95. The highest BCUT2D eigenvalue weighted by Gasteiger charge is 2.45. The quantitative estimate of drug-likeness (QED) is 0.580. The Bertz CT molecular complexity index is 869. The Kier molecular flexibility index (Phi) is 5.20. The first-order chi connectivity index (χ1) is 13.5. The van der Waals surface area contributed by atoms with Gasteiger partial charge in [-0.05, 0) is 50.4 Å². The molecule has 4 rings (SSSR count). The predicted octanol–water partition coefficient (Wildman–Crippen LogP) is 1.32. The van der Waals surface area contributed by atoms with Crippen LogP contribution in [0.2, 0.25) is 0 Å². The van der Waals surface area contributed by atoms with Crippen LogP contribution in [0, 0.1) is 11.7 Å². The van der Waals surface area contributed by atoms with Gasteiger partial charge in [0.05, 0.1) is 11.1 Å². The zero-order valence-corrected chi connectivity index (χ0v) is 15.9. The lowest BCUT2D eigenvalue weighted by atomic mass is 10.0. The van der Waals surface area contributed by atoms with Crippen LogP contribution in [0.4, 0.5) is 4.39 Å². The lowest BCUT2D eigenvalue weighted by Crippen LogP contribution is -2.54. The molecule has 2 atom stereocenters. The molecular formula is C19H20FN3O4S. The highest BCUT2D eigenvalue weighted by Crippen LogP contribution is 2.34. The molecule has 2 saturated heterocycles. The minimum atomic E-state index is -1.04. The van der Waals surface area contributed by atoms with Crippen LogP contribution in [0.5, 0.6) is 0 Å². The molecule has 2 fully saturated rings.